The van der Waals surface area contributed by atoms with Gasteiger partial charge in [-0.25, -0.2) is 0 Å². The molecule has 68 valence electrons. The Hall–Kier alpha value is -0.170. The average molecular weight is 184 g/mol. The van der Waals surface area contributed by atoms with Crippen LogP contribution < -0.4 is 5.32 Å². The summed E-state index contributed by atoms with van der Waals surface area (Å²) in [5.41, 5.74) is 0. The summed E-state index contributed by atoms with van der Waals surface area (Å²) in [7, 11) is 4.07. The van der Waals surface area contributed by atoms with Crippen LogP contribution in [-0.2, 0) is 0 Å². The SMILES string of the molecule is C#CC(NC)C1CSCCN1C. The van der Waals surface area contributed by atoms with E-state index in [0.29, 0.717) is 6.04 Å². The minimum absolute atomic E-state index is 0.197. The van der Waals surface area contributed by atoms with Gasteiger partial charge < -0.3 is 5.32 Å². The molecule has 1 heterocycles. The van der Waals surface area contributed by atoms with Crippen molar-refractivity contribution in [2.24, 2.45) is 0 Å². The molecule has 0 aromatic heterocycles. The van der Waals surface area contributed by atoms with Crippen LogP contribution in [0.15, 0.2) is 0 Å². The first-order valence-electron chi connectivity index (χ1n) is 4.21. The van der Waals surface area contributed by atoms with Crippen molar-refractivity contribution in [1.82, 2.24) is 10.2 Å². The lowest BCUT2D eigenvalue weighted by molar-refractivity contribution is 0.244. The predicted molar refractivity (Wildman–Crippen MR) is 55.4 cm³/mol. The van der Waals surface area contributed by atoms with Crippen LogP contribution >= 0.6 is 11.8 Å². The van der Waals surface area contributed by atoms with Gasteiger partial charge in [-0.15, -0.1) is 6.42 Å². The molecule has 0 bridgehead atoms. The standard InChI is InChI=1S/C9H16N2S/c1-4-8(10-2)9-7-12-6-5-11(9)3/h1,8-10H,5-7H2,2-3H3. The van der Waals surface area contributed by atoms with E-state index >= 15 is 0 Å². The van der Waals surface area contributed by atoms with E-state index in [0.717, 1.165) is 12.3 Å². The number of terminal acetylenes is 1. The highest BCUT2D eigenvalue weighted by Crippen LogP contribution is 2.16. The Kier molecular flexibility index (Phi) is 3.93. The molecule has 0 aromatic rings. The first-order chi connectivity index (χ1) is 5.79. The third-order valence-electron chi connectivity index (χ3n) is 2.32. The van der Waals surface area contributed by atoms with Gasteiger partial charge in [-0.2, -0.15) is 11.8 Å². The van der Waals surface area contributed by atoms with Crippen LogP contribution in [0.1, 0.15) is 0 Å². The van der Waals surface area contributed by atoms with E-state index in [4.69, 9.17) is 6.42 Å². The summed E-state index contributed by atoms with van der Waals surface area (Å²) < 4.78 is 0. The minimum Gasteiger partial charge on any atom is -0.305 e. The van der Waals surface area contributed by atoms with Crippen molar-refractivity contribution in [3.8, 4) is 12.3 Å². The molecule has 3 heteroatoms. The second-order valence-corrected chi connectivity index (χ2v) is 4.21. The lowest BCUT2D eigenvalue weighted by Gasteiger charge is -2.35. The molecule has 0 aliphatic carbocycles. The van der Waals surface area contributed by atoms with E-state index in [-0.39, 0.29) is 6.04 Å². The van der Waals surface area contributed by atoms with Gasteiger partial charge >= 0.3 is 0 Å². The van der Waals surface area contributed by atoms with Crippen molar-refractivity contribution >= 4 is 11.8 Å². The Balaban J connectivity index is 2.53. The molecular weight excluding hydrogens is 168 g/mol. The Morgan fingerprint density at radius 3 is 3.00 bits per heavy atom. The van der Waals surface area contributed by atoms with Crippen molar-refractivity contribution in [3.63, 3.8) is 0 Å². The molecular formula is C9H16N2S. The maximum Gasteiger partial charge on any atom is 0.0850 e. The van der Waals surface area contributed by atoms with Crippen LogP contribution in [0.2, 0.25) is 0 Å². The number of thioether (sulfide) groups is 1. The lowest BCUT2D eigenvalue weighted by atomic mass is 10.1. The largest absolute Gasteiger partial charge is 0.305 e. The third kappa shape index (κ3) is 2.16. The molecule has 1 rings (SSSR count). The Morgan fingerprint density at radius 1 is 1.75 bits per heavy atom. The van der Waals surface area contributed by atoms with Gasteiger partial charge in [-0.05, 0) is 14.1 Å². The Bertz CT molecular complexity index is 176. The zero-order valence-corrected chi connectivity index (χ0v) is 8.53. The summed E-state index contributed by atoms with van der Waals surface area (Å²) in [5, 5.41) is 3.16. The van der Waals surface area contributed by atoms with Gasteiger partial charge in [-0.3, -0.25) is 4.90 Å². The first-order valence-corrected chi connectivity index (χ1v) is 5.36. The number of hydrogen-bond acceptors (Lipinski definition) is 3. The molecule has 0 aromatic carbocycles. The van der Waals surface area contributed by atoms with Crippen molar-refractivity contribution in [2.45, 2.75) is 12.1 Å². The normalized spacial score (nSPS) is 27.9. The number of hydrogen-bond donors (Lipinski definition) is 1. The van der Waals surface area contributed by atoms with E-state index in [1.165, 1.54) is 5.75 Å². The highest BCUT2D eigenvalue weighted by Gasteiger charge is 2.25. The van der Waals surface area contributed by atoms with Crippen molar-refractivity contribution in [1.29, 1.82) is 0 Å². The molecule has 0 amide bonds. The molecule has 2 atom stereocenters. The van der Waals surface area contributed by atoms with E-state index < -0.39 is 0 Å². The smallest absolute Gasteiger partial charge is 0.0850 e. The maximum absolute atomic E-state index is 5.43. The van der Waals surface area contributed by atoms with Crippen LogP contribution in [0.25, 0.3) is 0 Å². The molecule has 0 spiro atoms. The Morgan fingerprint density at radius 2 is 2.50 bits per heavy atom. The third-order valence-corrected chi connectivity index (χ3v) is 3.37. The second-order valence-electron chi connectivity index (χ2n) is 3.06. The molecule has 0 radical (unpaired) electrons. The van der Waals surface area contributed by atoms with Crippen LogP contribution in [0.5, 0.6) is 0 Å². The van der Waals surface area contributed by atoms with Crippen LogP contribution in [0.3, 0.4) is 0 Å². The van der Waals surface area contributed by atoms with Crippen molar-refractivity contribution < 1.29 is 0 Å². The zero-order chi connectivity index (χ0) is 8.97. The number of nitrogens with zero attached hydrogens (tertiary/aromatic N) is 1. The first kappa shape index (κ1) is 9.91. The fourth-order valence-corrected chi connectivity index (χ4v) is 2.72. The van der Waals surface area contributed by atoms with Gasteiger partial charge in [0, 0.05) is 24.1 Å². The summed E-state index contributed by atoms with van der Waals surface area (Å²) in [5.74, 6) is 5.16. The van der Waals surface area contributed by atoms with E-state index in [2.05, 4.69) is 23.2 Å². The quantitative estimate of drug-likeness (QED) is 0.620. The number of rotatable bonds is 2. The van der Waals surface area contributed by atoms with Crippen LogP contribution in [0.4, 0.5) is 0 Å². The summed E-state index contributed by atoms with van der Waals surface area (Å²) in [6.07, 6.45) is 5.43. The number of likely N-dealkylation sites (N-methyl/N-ethyl adjacent to an activating group) is 2. The van der Waals surface area contributed by atoms with Gasteiger partial charge in [0.25, 0.3) is 0 Å². The molecule has 0 saturated carbocycles. The zero-order valence-electron chi connectivity index (χ0n) is 7.71. The van der Waals surface area contributed by atoms with Crippen LogP contribution in [-0.4, -0.2) is 49.1 Å². The van der Waals surface area contributed by atoms with Crippen LogP contribution in [0, 0.1) is 12.3 Å². The average Bonchev–Trinajstić information content (AvgIpc) is 2.10. The second kappa shape index (κ2) is 4.76. The topological polar surface area (TPSA) is 15.3 Å². The summed E-state index contributed by atoms with van der Waals surface area (Å²) in [6.45, 7) is 1.15. The molecule has 1 fully saturated rings. The molecule has 2 nitrogen and oxygen atoms in total. The predicted octanol–water partition coefficient (Wildman–Crippen LogP) is 0.255. The van der Waals surface area contributed by atoms with Gasteiger partial charge in [0.15, 0.2) is 0 Å². The highest BCUT2D eigenvalue weighted by molar-refractivity contribution is 7.99. The van der Waals surface area contributed by atoms with E-state index in [9.17, 15) is 0 Å². The Labute approximate surface area is 79.1 Å². The van der Waals surface area contributed by atoms with Gasteiger partial charge in [0.1, 0.15) is 0 Å². The molecule has 2 unspecified atom stereocenters. The van der Waals surface area contributed by atoms with Gasteiger partial charge in [0.2, 0.25) is 0 Å². The fraction of sp³-hybridized carbons (Fsp3) is 0.778. The lowest BCUT2D eigenvalue weighted by Crippen LogP contribution is -2.51. The molecule has 12 heavy (non-hydrogen) atoms. The van der Waals surface area contributed by atoms with Crippen molar-refractivity contribution in [2.75, 3.05) is 32.1 Å². The summed E-state index contributed by atoms with van der Waals surface area (Å²) >= 11 is 1.99. The van der Waals surface area contributed by atoms with Gasteiger partial charge in [-0.1, -0.05) is 5.92 Å². The molecule has 1 N–H and O–H groups in total. The summed E-state index contributed by atoms with van der Waals surface area (Å²) in [4.78, 5) is 2.34. The maximum atomic E-state index is 5.43. The van der Waals surface area contributed by atoms with E-state index in [1.807, 2.05) is 18.8 Å². The monoisotopic (exact) mass is 184 g/mol. The number of nitrogens with one attached hydrogen (secondary N) is 1. The molecule has 1 aliphatic rings. The van der Waals surface area contributed by atoms with E-state index in [1.54, 1.807) is 0 Å². The van der Waals surface area contributed by atoms with Crippen molar-refractivity contribution in [3.05, 3.63) is 0 Å². The molecule has 1 saturated heterocycles. The van der Waals surface area contributed by atoms with Gasteiger partial charge in [0.05, 0.1) is 6.04 Å². The highest BCUT2D eigenvalue weighted by atomic mass is 32.2. The molecule has 1 aliphatic heterocycles. The fourth-order valence-electron chi connectivity index (χ4n) is 1.44. The summed E-state index contributed by atoms with van der Waals surface area (Å²) in [6, 6.07) is 0.696. The minimum atomic E-state index is 0.197.